The minimum absolute atomic E-state index is 0.0637. The summed E-state index contributed by atoms with van der Waals surface area (Å²) in [7, 11) is 1.49. The predicted molar refractivity (Wildman–Crippen MR) is 144 cm³/mol. The molecule has 200 valence electrons. The average Bonchev–Trinajstić information content (AvgIpc) is 3.31. The number of fused-ring (bicyclic) bond motifs is 1. The number of rotatable bonds is 7. The van der Waals surface area contributed by atoms with Crippen LogP contribution in [0.5, 0.6) is 0 Å². The summed E-state index contributed by atoms with van der Waals surface area (Å²) in [6, 6.07) is 13.1. The van der Waals surface area contributed by atoms with Crippen molar-refractivity contribution in [1.29, 1.82) is 5.26 Å². The lowest BCUT2D eigenvalue weighted by Crippen LogP contribution is -2.43. The highest BCUT2D eigenvalue weighted by Gasteiger charge is 2.31. The van der Waals surface area contributed by atoms with E-state index in [0.29, 0.717) is 11.1 Å². The number of H-pyrrole nitrogens is 1. The van der Waals surface area contributed by atoms with E-state index in [1.165, 1.54) is 29.8 Å². The number of aromatic amines is 1. The molecule has 39 heavy (non-hydrogen) atoms. The van der Waals surface area contributed by atoms with Gasteiger partial charge in [0.1, 0.15) is 5.82 Å². The van der Waals surface area contributed by atoms with Gasteiger partial charge in [0.05, 0.1) is 17.7 Å². The van der Waals surface area contributed by atoms with E-state index >= 15 is 0 Å². The number of hydrogen-bond donors (Lipinski definition) is 3. The Bertz CT molecular complexity index is 1710. The molecule has 2 aromatic heterocycles. The largest absolute Gasteiger partial charge is 0.351 e. The number of nitrogens with two attached hydrogens (primary N) is 1. The number of hydrogen-bond acceptors (Lipinski definition) is 7. The molecule has 1 fully saturated rings. The van der Waals surface area contributed by atoms with Gasteiger partial charge >= 0.3 is 5.69 Å². The van der Waals surface area contributed by atoms with Crippen LogP contribution in [0.3, 0.4) is 0 Å². The van der Waals surface area contributed by atoms with Crippen molar-refractivity contribution in [1.82, 2.24) is 19.1 Å². The van der Waals surface area contributed by atoms with E-state index in [2.05, 4.69) is 21.4 Å². The summed E-state index contributed by atoms with van der Waals surface area (Å²) in [5, 5.41) is 13.3. The molecule has 0 radical (unpaired) electrons. The number of carbonyl (C=O) groups is 1. The number of benzene rings is 2. The Morgan fingerprint density at radius 3 is 2.74 bits per heavy atom. The van der Waals surface area contributed by atoms with Gasteiger partial charge in [-0.15, -0.1) is 0 Å². The van der Waals surface area contributed by atoms with Gasteiger partial charge in [-0.1, -0.05) is 43.2 Å². The Morgan fingerprint density at radius 1 is 1.23 bits per heavy atom. The monoisotopic (exact) mass is 529 g/mol. The standard InChI is InChI=1S/C28H28FN7O3/c1-35-25-24(26(38)34-28(35)39)36(27(33-25)32-21-12-5-4-11-20(21)31)22(19-10-3-2-7-17(19)15-30)14-23(37)16-8-6-9-18(29)13-16/h2-3,6-10,13,20-22H,4-5,11-12,14,31H2,1H3,(H,32,33)(H,34,38,39)/t20-,21-,22?/m0/s1. The molecule has 1 unspecified atom stereocenters. The first kappa shape index (κ1) is 26.1. The van der Waals surface area contributed by atoms with Crippen molar-refractivity contribution in [3.63, 3.8) is 0 Å². The fourth-order valence-corrected chi connectivity index (χ4v) is 5.30. The van der Waals surface area contributed by atoms with Gasteiger partial charge in [0.25, 0.3) is 5.56 Å². The van der Waals surface area contributed by atoms with E-state index < -0.39 is 28.9 Å². The molecule has 4 N–H and O–H groups in total. The summed E-state index contributed by atoms with van der Waals surface area (Å²) in [5.74, 6) is -0.692. The third kappa shape index (κ3) is 4.98. The number of halogens is 1. The number of anilines is 1. The quantitative estimate of drug-likeness (QED) is 0.311. The van der Waals surface area contributed by atoms with Crippen LogP contribution in [0.2, 0.25) is 0 Å². The minimum atomic E-state index is -0.887. The Kier molecular flexibility index (Phi) is 7.13. The third-order valence-electron chi connectivity index (χ3n) is 7.36. The molecule has 0 bridgehead atoms. The summed E-state index contributed by atoms with van der Waals surface area (Å²) in [5.41, 5.74) is 6.21. The van der Waals surface area contributed by atoms with Crippen LogP contribution in [0.25, 0.3) is 11.2 Å². The first-order valence-electron chi connectivity index (χ1n) is 12.8. The van der Waals surface area contributed by atoms with Crippen LogP contribution < -0.4 is 22.3 Å². The number of carbonyl (C=O) groups excluding carboxylic acids is 1. The number of ketones is 1. The molecule has 10 nitrogen and oxygen atoms in total. The van der Waals surface area contributed by atoms with Gasteiger partial charge in [0.2, 0.25) is 5.95 Å². The molecule has 3 atom stereocenters. The highest BCUT2D eigenvalue weighted by Crippen LogP contribution is 2.33. The zero-order chi connectivity index (χ0) is 27.7. The average molecular weight is 530 g/mol. The van der Waals surface area contributed by atoms with Gasteiger partial charge in [-0.05, 0) is 36.6 Å². The number of Topliss-reactive ketones (excluding diaryl/α,β-unsaturated/α-hetero) is 1. The van der Waals surface area contributed by atoms with E-state index in [0.717, 1.165) is 31.7 Å². The van der Waals surface area contributed by atoms with E-state index in [-0.39, 0.29) is 41.2 Å². The summed E-state index contributed by atoms with van der Waals surface area (Å²) in [4.78, 5) is 46.2. The van der Waals surface area contributed by atoms with Gasteiger partial charge in [0, 0.05) is 31.1 Å². The number of aryl methyl sites for hydroxylation is 1. The van der Waals surface area contributed by atoms with Crippen LogP contribution in [0.15, 0.2) is 58.1 Å². The Hall–Kier alpha value is -4.56. The van der Waals surface area contributed by atoms with Crippen LogP contribution in [0.4, 0.5) is 10.3 Å². The molecule has 0 amide bonds. The fourth-order valence-electron chi connectivity index (χ4n) is 5.30. The Balaban J connectivity index is 1.75. The Labute approximate surface area is 222 Å². The highest BCUT2D eigenvalue weighted by atomic mass is 19.1. The molecule has 1 aliphatic carbocycles. The van der Waals surface area contributed by atoms with E-state index in [1.807, 2.05) is 0 Å². The van der Waals surface area contributed by atoms with Crippen molar-refractivity contribution in [3.8, 4) is 6.07 Å². The van der Waals surface area contributed by atoms with Crippen molar-refractivity contribution in [2.45, 2.75) is 50.2 Å². The first-order chi connectivity index (χ1) is 18.8. The summed E-state index contributed by atoms with van der Waals surface area (Å²) >= 11 is 0. The van der Waals surface area contributed by atoms with Gasteiger partial charge < -0.3 is 11.1 Å². The molecule has 5 rings (SSSR count). The molecule has 0 saturated heterocycles. The summed E-state index contributed by atoms with van der Waals surface area (Å²) < 4.78 is 16.8. The van der Waals surface area contributed by atoms with E-state index in [9.17, 15) is 24.0 Å². The second-order valence-electron chi connectivity index (χ2n) is 9.85. The number of nitriles is 1. The molecule has 1 aliphatic rings. The van der Waals surface area contributed by atoms with Crippen LogP contribution in [0, 0.1) is 17.1 Å². The maximum absolute atomic E-state index is 14.0. The van der Waals surface area contributed by atoms with Crippen molar-refractivity contribution in [2.24, 2.45) is 12.8 Å². The van der Waals surface area contributed by atoms with Crippen LogP contribution in [-0.4, -0.2) is 37.0 Å². The zero-order valence-electron chi connectivity index (χ0n) is 21.4. The molecular weight excluding hydrogens is 501 g/mol. The van der Waals surface area contributed by atoms with Crippen molar-refractivity contribution in [2.75, 3.05) is 5.32 Å². The molecule has 11 heteroatoms. The summed E-state index contributed by atoms with van der Waals surface area (Å²) in [6.45, 7) is 0. The molecule has 1 saturated carbocycles. The van der Waals surface area contributed by atoms with Gasteiger partial charge in [0.15, 0.2) is 16.9 Å². The first-order valence-corrected chi connectivity index (χ1v) is 12.8. The second-order valence-corrected chi connectivity index (χ2v) is 9.85. The number of aromatic nitrogens is 4. The van der Waals surface area contributed by atoms with Crippen LogP contribution in [0.1, 0.15) is 59.6 Å². The SMILES string of the molecule is Cn1c(=O)[nH]c(=O)c2c1nc(N[C@H]1CCCC[C@@H]1N)n2C(CC(=O)c1cccc(F)c1)c1ccccc1C#N. The van der Waals surface area contributed by atoms with Crippen LogP contribution in [-0.2, 0) is 7.05 Å². The van der Waals surface area contributed by atoms with Gasteiger partial charge in [-0.2, -0.15) is 10.2 Å². The van der Waals surface area contributed by atoms with Gasteiger partial charge in [-0.3, -0.25) is 23.7 Å². The van der Waals surface area contributed by atoms with Crippen LogP contribution >= 0.6 is 0 Å². The third-order valence-corrected chi connectivity index (χ3v) is 7.36. The fraction of sp³-hybridized carbons (Fsp3) is 0.321. The second kappa shape index (κ2) is 10.7. The molecule has 4 aromatic rings. The lowest BCUT2D eigenvalue weighted by atomic mass is 9.91. The van der Waals surface area contributed by atoms with E-state index in [1.54, 1.807) is 28.8 Å². The molecule has 2 aromatic carbocycles. The number of nitrogens with one attached hydrogen (secondary N) is 2. The molecule has 0 spiro atoms. The van der Waals surface area contributed by atoms with Crippen molar-refractivity contribution >= 4 is 22.9 Å². The zero-order valence-corrected chi connectivity index (χ0v) is 21.4. The van der Waals surface area contributed by atoms with Crippen molar-refractivity contribution < 1.29 is 9.18 Å². The molecule has 2 heterocycles. The Morgan fingerprint density at radius 2 is 2.00 bits per heavy atom. The number of imidazole rings is 1. The minimum Gasteiger partial charge on any atom is -0.351 e. The maximum atomic E-state index is 14.0. The van der Waals surface area contributed by atoms with Crippen molar-refractivity contribution in [3.05, 3.63) is 91.9 Å². The van der Waals surface area contributed by atoms with E-state index in [4.69, 9.17) is 5.73 Å². The molecular formula is C28H28FN7O3. The topological polar surface area (TPSA) is 152 Å². The smallest absolute Gasteiger partial charge is 0.329 e. The molecule has 0 aliphatic heterocycles. The van der Waals surface area contributed by atoms with Gasteiger partial charge in [-0.25, -0.2) is 9.18 Å². The lowest BCUT2D eigenvalue weighted by Gasteiger charge is -2.31. The highest BCUT2D eigenvalue weighted by molar-refractivity contribution is 5.96. The maximum Gasteiger partial charge on any atom is 0.329 e. The number of nitrogens with zero attached hydrogens (tertiary/aromatic N) is 4. The predicted octanol–water partition coefficient (Wildman–Crippen LogP) is 2.98. The summed E-state index contributed by atoms with van der Waals surface area (Å²) in [6.07, 6.45) is 3.35. The normalized spacial score (nSPS) is 18.0. The lowest BCUT2D eigenvalue weighted by molar-refractivity contribution is 0.0969.